The van der Waals surface area contributed by atoms with Gasteiger partial charge in [-0.2, -0.15) is 0 Å². The molecule has 5 nitrogen and oxygen atoms in total. The highest BCUT2D eigenvalue weighted by Gasteiger charge is 2.07. The van der Waals surface area contributed by atoms with Crippen LogP contribution in [0.4, 0.5) is 0 Å². The van der Waals surface area contributed by atoms with E-state index in [1.807, 2.05) is 24.9 Å². The lowest BCUT2D eigenvalue weighted by atomic mass is 10.4. The second kappa shape index (κ2) is 9.37. The third-order valence-corrected chi connectivity index (χ3v) is 2.24. The second-order valence-corrected chi connectivity index (χ2v) is 4.66. The largest absolute Gasteiger partial charge is 0.364 e. The van der Waals surface area contributed by atoms with Crippen LogP contribution in [0.15, 0.2) is 32.9 Å². The third-order valence-electron chi connectivity index (χ3n) is 1.99. The van der Waals surface area contributed by atoms with Crippen LogP contribution in [-0.2, 0) is 6.54 Å². The van der Waals surface area contributed by atoms with Gasteiger partial charge < -0.3 is 14.7 Å². The van der Waals surface area contributed by atoms with Crippen molar-refractivity contribution in [1.82, 2.24) is 15.4 Å². The number of aromatic nitrogens is 1. The molecule has 102 valence electrons. The number of nitrogens with zero attached hydrogens (tertiary/aromatic N) is 3. The summed E-state index contributed by atoms with van der Waals surface area (Å²) in [6, 6.07) is 1.84. The van der Waals surface area contributed by atoms with Gasteiger partial charge >= 0.3 is 0 Å². The van der Waals surface area contributed by atoms with Gasteiger partial charge in [0.2, 0.25) is 0 Å². The lowest BCUT2D eigenvalue weighted by molar-refractivity contribution is 0.391. The van der Waals surface area contributed by atoms with Gasteiger partial charge in [0, 0.05) is 24.1 Å². The van der Waals surface area contributed by atoms with Gasteiger partial charge in [-0.15, -0.1) is 24.0 Å². The number of halogens is 2. The molecule has 1 N–H and O–H groups in total. The molecule has 0 saturated heterocycles. The van der Waals surface area contributed by atoms with Crippen LogP contribution in [0.25, 0.3) is 0 Å². The van der Waals surface area contributed by atoms with Crippen molar-refractivity contribution in [3.8, 4) is 0 Å². The van der Waals surface area contributed by atoms with Crippen molar-refractivity contribution in [1.29, 1.82) is 0 Å². The van der Waals surface area contributed by atoms with E-state index in [9.17, 15) is 0 Å². The van der Waals surface area contributed by atoms with Crippen LogP contribution >= 0.6 is 39.9 Å². The third kappa shape index (κ3) is 6.39. The Kier molecular flexibility index (Phi) is 9.08. The first kappa shape index (κ1) is 17.4. The Labute approximate surface area is 133 Å². The summed E-state index contributed by atoms with van der Waals surface area (Å²) in [5.41, 5.74) is 0.871. The van der Waals surface area contributed by atoms with Crippen LogP contribution in [0.5, 0.6) is 0 Å². The van der Waals surface area contributed by atoms with Crippen LogP contribution in [0, 0.1) is 0 Å². The fourth-order valence-electron chi connectivity index (χ4n) is 1.27. The number of hydrogen-bond acceptors (Lipinski definition) is 3. The summed E-state index contributed by atoms with van der Waals surface area (Å²) in [6.45, 7) is 7.80. The van der Waals surface area contributed by atoms with E-state index in [2.05, 4.69) is 38.0 Å². The van der Waals surface area contributed by atoms with Gasteiger partial charge in [0.15, 0.2) is 5.96 Å². The number of aliphatic imine (C=N–C) groups is 1. The molecule has 1 aromatic heterocycles. The molecule has 0 aliphatic rings. The topological polar surface area (TPSA) is 53.7 Å². The summed E-state index contributed by atoms with van der Waals surface area (Å²) in [7, 11) is 1.95. The summed E-state index contributed by atoms with van der Waals surface area (Å²) < 4.78 is 5.64. The van der Waals surface area contributed by atoms with Gasteiger partial charge in [0.25, 0.3) is 0 Å². The van der Waals surface area contributed by atoms with E-state index in [4.69, 9.17) is 4.52 Å². The minimum absolute atomic E-state index is 0. The predicted octanol–water partition coefficient (Wildman–Crippen LogP) is 2.60. The Balaban J connectivity index is 0.00000289. The Morgan fingerprint density at radius 3 is 2.89 bits per heavy atom. The smallest absolute Gasteiger partial charge is 0.194 e. The van der Waals surface area contributed by atoms with Crippen molar-refractivity contribution < 1.29 is 4.52 Å². The molecule has 0 atom stereocenters. The molecule has 0 aromatic carbocycles. The predicted molar refractivity (Wildman–Crippen MR) is 87.4 cm³/mol. The summed E-state index contributed by atoms with van der Waals surface area (Å²) in [4.78, 5) is 6.40. The molecule has 0 fully saturated rings. The molecule has 0 bridgehead atoms. The SMILES string of the molecule is C=C(Br)CN=C(NCC)N(C)Cc1ccon1.I. The van der Waals surface area contributed by atoms with E-state index in [1.165, 1.54) is 0 Å². The van der Waals surface area contributed by atoms with Crippen LogP contribution < -0.4 is 5.32 Å². The van der Waals surface area contributed by atoms with E-state index < -0.39 is 0 Å². The number of guanidine groups is 1. The average Bonchev–Trinajstić information content (AvgIpc) is 2.76. The van der Waals surface area contributed by atoms with Gasteiger partial charge in [-0.25, -0.2) is 4.99 Å². The molecule has 0 unspecified atom stereocenters. The van der Waals surface area contributed by atoms with Gasteiger partial charge in [-0.05, 0) is 6.92 Å². The van der Waals surface area contributed by atoms with E-state index in [-0.39, 0.29) is 24.0 Å². The van der Waals surface area contributed by atoms with Gasteiger partial charge in [0.1, 0.15) is 12.0 Å². The van der Waals surface area contributed by atoms with Crippen LogP contribution in [0.2, 0.25) is 0 Å². The average molecular weight is 429 g/mol. The van der Waals surface area contributed by atoms with E-state index in [1.54, 1.807) is 6.26 Å². The normalized spacial score (nSPS) is 10.7. The monoisotopic (exact) mass is 428 g/mol. The van der Waals surface area contributed by atoms with Crippen molar-refractivity contribution in [3.63, 3.8) is 0 Å². The Morgan fingerprint density at radius 1 is 1.67 bits per heavy atom. The molecule has 0 amide bonds. The second-order valence-electron chi connectivity index (χ2n) is 3.53. The zero-order valence-corrected chi connectivity index (χ0v) is 14.4. The molecule has 0 spiro atoms. The summed E-state index contributed by atoms with van der Waals surface area (Å²) in [6.07, 6.45) is 1.56. The fourth-order valence-corrected chi connectivity index (χ4v) is 1.39. The maximum absolute atomic E-state index is 4.79. The van der Waals surface area contributed by atoms with Crippen LogP contribution in [0.1, 0.15) is 12.6 Å². The lowest BCUT2D eigenvalue weighted by Crippen LogP contribution is -2.38. The Morgan fingerprint density at radius 2 is 2.39 bits per heavy atom. The first-order chi connectivity index (χ1) is 8.13. The minimum atomic E-state index is 0. The fraction of sp³-hybridized carbons (Fsp3) is 0.455. The number of nitrogens with one attached hydrogen (secondary N) is 1. The van der Waals surface area contributed by atoms with Gasteiger partial charge in [-0.3, -0.25) is 0 Å². The van der Waals surface area contributed by atoms with Crippen molar-refractivity contribution in [2.24, 2.45) is 4.99 Å². The molecular formula is C11H18BrIN4O. The summed E-state index contributed by atoms with van der Waals surface area (Å²) >= 11 is 3.29. The molecule has 0 aliphatic carbocycles. The van der Waals surface area contributed by atoms with E-state index in [0.717, 1.165) is 22.7 Å². The van der Waals surface area contributed by atoms with Crippen molar-refractivity contribution in [3.05, 3.63) is 29.1 Å². The van der Waals surface area contributed by atoms with Crippen LogP contribution in [-0.4, -0.2) is 36.2 Å². The van der Waals surface area contributed by atoms with Crippen molar-refractivity contribution in [2.45, 2.75) is 13.5 Å². The highest BCUT2D eigenvalue weighted by molar-refractivity contribution is 14.0. The van der Waals surface area contributed by atoms with Gasteiger partial charge in [0.05, 0.1) is 13.1 Å². The Bertz CT molecular complexity index is 380. The quantitative estimate of drug-likeness (QED) is 0.445. The highest BCUT2D eigenvalue weighted by atomic mass is 127. The summed E-state index contributed by atoms with van der Waals surface area (Å²) in [5, 5.41) is 7.07. The molecule has 1 aromatic rings. The molecule has 1 heterocycles. The Hall–Kier alpha value is -0.570. The zero-order chi connectivity index (χ0) is 12.7. The molecular weight excluding hydrogens is 411 g/mol. The van der Waals surface area contributed by atoms with E-state index >= 15 is 0 Å². The maximum Gasteiger partial charge on any atom is 0.194 e. The molecule has 1 rings (SSSR count). The summed E-state index contributed by atoms with van der Waals surface area (Å²) in [5.74, 6) is 0.816. The molecule has 0 aliphatic heterocycles. The molecule has 0 radical (unpaired) electrons. The van der Waals surface area contributed by atoms with E-state index in [0.29, 0.717) is 13.1 Å². The molecule has 0 saturated carbocycles. The minimum Gasteiger partial charge on any atom is -0.364 e. The first-order valence-electron chi connectivity index (χ1n) is 5.35. The standard InChI is InChI=1S/C11H17BrN4O.HI/c1-4-13-11(14-7-9(2)12)16(3)8-10-5-6-17-15-10;/h5-6H,2,4,7-8H2,1,3H3,(H,13,14);1H. The highest BCUT2D eigenvalue weighted by Crippen LogP contribution is 2.03. The first-order valence-corrected chi connectivity index (χ1v) is 6.14. The number of hydrogen-bond donors (Lipinski definition) is 1. The van der Waals surface area contributed by atoms with Crippen molar-refractivity contribution >= 4 is 45.9 Å². The number of rotatable bonds is 5. The zero-order valence-electron chi connectivity index (χ0n) is 10.5. The molecule has 18 heavy (non-hydrogen) atoms. The van der Waals surface area contributed by atoms with Gasteiger partial charge in [-0.1, -0.05) is 27.7 Å². The lowest BCUT2D eigenvalue weighted by Gasteiger charge is -2.20. The van der Waals surface area contributed by atoms with Crippen molar-refractivity contribution in [2.75, 3.05) is 20.1 Å². The van der Waals surface area contributed by atoms with Crippen LogP contribution in [0.3, 0.4) is 0 Å². The maximum atomic E-state index is 4.79. The molecule has 7 heteroatoms.